The van der Waals surface area contributed by atoms with Gasteiger partial charge in [0.05, 0.1) is 38.9 Å². The summed E-state index contributed by atoms with van der Waals surface area (Å²) in [5.41, 5.74) is -0.161. The summed E-state index contributed by atoms with van der Waals surface area (Å²) >= 11 is 6.33. The highest BCUT2D eigenvalue weighted by Crippen LogP contribution is 2.40. The van der Waals surface area contributed by atoms with Gasteiger partial charge in [-0.05, 0) is 49.9 Å². The number of carbonyl (C=O) groups is 1. The van der Waals surface area contributed by atoms with Crippen LogP contribution in [0.4, 0.5) is 0 Å². The molecule has 0 radical (unpaired) electrons. The normalized spacial score (nSPS) is 24.9. The van der Waals surface area contributed by atoms with Crippen LogP contribution in [0.2, 0.25) is 5.02 Å². The molecule has 30 heavy (non-hydrogen) atoms. The number of hydrogen-bond donors (Lipinski definition) is 1. The van der Waals surface area contributed by atoms with Gasteiger partial charge < -0.3 is 10.1 Å². The largest absolute Gasteiger partial charge is 0.381 e. The fraction of sp³-hybridized carbons (Fsp3) is 0.450. The Kier molecular flexibility index (Phi) is 5.34. The maximum atomic E-state index is 13.3. The number of hydrogen-bond acceptors (Lipinski definition) is 6. The van der Waals surface area contributed by atoms with Crippen molar-refractivity contribution in [2.45, 2.75) is 47.5 Å². The first-order valence-corrected chi connectivity index (χ1v) is 11.5. The van der Waals surface area contributed by atoms with Crippen molar-refractivity contribution < 1.29 is 17.9 Å². The molecule has 0 saturated heterocycles. The molecular weight excluding hydrogens is 428 g/mol. The first-order valence-electron chi connectivity index (χ1n) is 9.59. The molecule has 2 aromatic rings. The maximum absolute atomic E-state index is 13.3. The zero-order valence-corrected chi connectivity index (χ0v) is 17.9. The van der Waals surface area contributed by atoms with Gasteiger partial charge in [0, 0.05) is 19.5 Å². The SMILES string of the molecule is COC1CC(S(=O)(=O)c2ccc(-n3cccn3)cc2Cl)CC1C(=O)NC1(C#N)CC1. The Balaban J connectivity index is 1.56. The molecule has 0 aliphatic heterocycles. The predicted octanol–water partition coefficient (Wildman–Crippen LogP) is 2.27. The standard InChI is InChI=1S/C20H21ClN4O4S/c1-29-17-11-14(10-15(17)19(26)24-20(12-22)5-6-20)30(27,28)18-4-3-13(9-16(18)21)25-8-2-7-23-25/h2-4,7-9,14-15,17H,5-6,10-11H2,1H3,(H,24,26). The number of rotatable bonds is 6. The highest BCUT2D eigenvalue weighted by molar-refractivity contribution is 7.92. The van der Waals surface area contributed by atoms with Gasteiger partial charge in [-0.15, -0.1) is 0 Å². The molecule has 4 rings (SSSR count). The second-order valence-corrected chi connectivity index (χ2v) is 10.4. The Bertz CT molecular complexity index is 1110. The van der Waals surface area contributed by atoms with Crippen LogP contribution in [0.3, 0.4) is 0 Å². The molecule has 2 fully saturated rings. The molecular formula is C20H21ClN4O4S. The molecule has 0 spiro atoms. The number of nitriles is 1. The van der Waals surface area contributed by atoms with E-state index in [4.69, 9.17) is 16.3 Å². The predicted molar refractivity (Wildman–Crippen MR) is 109 cm³/mol. The van der Waals surface area contributed by atoms with Gasteiger partial charge in [-0.3, -0.25) is 4.79 Å². The van der Waals surface area contributed by atoms with E-state index in [9.17, 15) is 18.5 Å². The van der Waals surface area contributed by atoms with E-state index in [1.165, 1.54) is 13.2 Å². The van der Waals surface area contributed by atoms with E-state index in [0.717, 1.165) is 0 Å². The summed E-state index contributed by atoms with van der Waals surface area (Å²) < 4.78 is 33.6. The smallest absolute Gasteiger partial charge is 0.227 e. The van der Waals surface area contributed by atoms with Crippen LogP contribution in [0.1, 0.15) is 25.7 Å². The van der Waals surface area contributed by atoms with Crippen molar-refractivity contribution in [3.8, 4) is 11.8 Å². The molecule has 3 atom stereocenters. The van der Waals surface area contributed by atoms with E-state index in [-0.39, 0.29) is 28.7 Å². The van der Waals surface area contributed by atoms with Gasteiger partial charge in [0.1, 0.15) is 5.54 Å². The molecule has 2 saturated carbocycles. The summed E-state index contributed by atoms with van der Waals surface area (Å²) in [6, 6.07) is 8.54. The third-order valence-corrected chi connectivity index (χ3v) is 8.51. The number of benzene rings is 1. The fourth-order valence-electron chi connectivity index (χ4n) is 3.93. The average molecular weight is 449 g/mol. The molecule has 1 heterocycles. The second-order valence-electron chi connectivity index (χ2n) is 7.77. The van der Waals surface area contributed by atoms with Gasteiger partial charge in [-0.25, -0.2) is 13.1 Å². The summed E-state index contributed by atoms with van der Waals surface area (Å²) in [7, 11) is -2.32. The van der Waals surface area contributed by atoms with Crippen LogP contribution in [-0.2, 0) is 19.4 Å². The number of nitrogens with zero attached hydrogens (tertiary/aromatic N) is 3. The number of ether oxygens (including phenoxy) is 1. The van der Waals surface area contributed by atoms with Gasteiger partial charge in [0.15, 0.2) is 9.84 Å². The van der Waals surface area contributed by atoms with E-state index >= 15 is 0 Å². The summed E-state index contributed by atoms with van der Waals surface area (Å²) in [6.07, 6.45) is 4.34. The van der Waals surface area contributed by atoms with Crippen molar-refractivity contribution in [2.24, 2.45) is 5.92 Å². The topological polar surface area (TPSA) is 114 Å². The lowest BCUT2D eigenvalue weighted by molar-refractivity contribution is -0.128. The van der Waals surface area contributed by atoms with Gasteiger partial charge in [0.25, 0.3) is 0 Å². The molecule has 8 nitrogen and oxygen atoms in total. The summed E-state index contributed by atoms with van der Waals surface area (Å²) in [4.78, 5) is 12.7. The van der Waals surface area contributed by atoms with Crippen molar-refractivity contribution in [3.05, 3.63) is 41.7 Å². The van der Waals surface area contributed by atoms with E-state index < -0.39 is 32.6 Å². The monoisotopic (exact) mass is 448 g/mol. The quantitative estimate of drug-likeness (QED) is 0.725. The summed E-state index contributed by atoms with van der Waals surface area (Å²) in [5, 5.41) is 15.4. The second kappa shape index (κ2) is 7.69. The van der Waals surface area contributed by atoms with Crippen LogP contribution < -0.4 is 5.32 Å². The van der Waals surface area contributed by atoms with Crippen LogP contribution in [-0.4, -0.2) is 48.1 Å². The minimum atomic E-state index is -3.78. The Morgan fingerprint density at radius 2 is 2.17 bits per heavy atom. The van der Waals surface area contributed by atoms with Gasteiger partial charge in [-0.2, -0.15) is 10.4 Å². The zero-order chi connectivity index (χ0) is 21.5. The van der Waals surface area contributed by atoms with Crippen LogP contribution in [0, 0.1) is 17.2 Å². The zero-order valence-electron chi connectivity index (χ0n) is 16.3. The lowest BCUT2D eigenvalue weighted by atomic mass is 10.0. The van der Waals surface area contributed by atoms with Crippen molar-refractivity contribution in [1.29, 1.82) is 5.26 Å². The average Bonchev–Trinajstić information content (AvgIpc) is 3.13. The summed E-state index contributed by atoms with van der Waals surface area (Å²) in [5.74, 6) is -0.971. The molecule has 1 aromatic heterocycles. The number of carbonyl (C=O) groups excluding carboxylic acids is 1. The van der Waals surface area contributed by atoms with Crippen LogP contribution in [0.15, 0.2) is 41.6 Å². The molecule has 1 N–H and O–H groups in total. The van der Waals surface area contributed by atoms with Crippen LogP contribution in [0.25, 0.3) is 5.69 Å². The first kappa shape index (κ1) is 20.8. The van der Waals surface area contributed by atoms with E-state index in [2.05, 4.69) is 16.5 Å². The number of nitrogens with one attached hydrogen (secondary N) is 1. The minimum Gasteiger partial charge on any atom is -0.381 e. The Morgan fingerprint density at radius 1 is 1.40 bits per heavy atom. The minimum absolute atomic E-state index is 0.0247. The Hall–Kier alpha value is -2.41. The number of halogens is 1. The molecule has 3 unspecified atom stereocenters. The number of sulfone groups is 1. The van der Waals surface area contributed by atoms with Crippen LogP contribution >= 0.6 is 11.6 Å². The number of methoxy groups -OCH3 is 1. The molecule has 1 aromatic carbocycles. The molecule has 1 amide bonds. The van der Waals surface area contributed by atoms with E-state index in [1.54, 1.807) is 35.3 Å². The van der Waals surface area contributed by atoms with Gasteiger partial charge >= 0.3 is 0 Å². The van der Waals surface area contributed by atoms with Gasteiger partial charge in [-0.1, -0.05) is 11.6 Å². The van der Waals surface area contributed by atoms with Crippen molar-refractivity contribution in [2.75, 3.05) is 7.11 Å². The fourth-order valence-corrected chi connectivity index (χ4v) is 6.28. The van der Waals surface area contributed by atoms with Gasteiger partial charge in [0.2, 0.25) is 5.91 Å². The third-order valence-electron chi connectivity index (χ3n) is 5.86. The number of amides is 1. The Morgan fingerprint density at radius 3 is 2.73 bits per heavy atom. The highest BCUT2D eigenvalue weighted by Gasteiger charge is 2.50. The third kappa shape index (κ3) is 3.71. The molecule has 10 heteroatoms. The first-order chi connectivity index (χ1) is 14.3. The van der Waals surface area contributed by atoms with Crippen molar-refractivity contribution in [3.63, 3.8) is 0 Å². The Labute approximate surface area is 179 Å². The molecule has 158 valence electrons. The van der Waals surface area contributed by atoms with E-state index in [0.29, 0.717) is 18.5 Å². The van der Waals surface area contributed by atoms with Crippen molar-refractivity contribution in [1.82, 2.24) is 15.1 Å². The van der Waals surface area contributed by atoms with Crippen LogP contribution in [0.5, 0.6) is 0 Å². The molecule has 0 bridgehead atoms. The molecule has 2 aliphatic rings. The van der Waals surface area contributed by atoms with Crippen molar-refractivity contribution >= 4 is 27.3 Å². The lowest BCUT2D eigenvalue weighted by Gasteiger charge is -2.19. The lowest BCUT2D eigenvalue weighted by Crippen LogP contribution is -2.42. The van der Waals surface area contributed by atoms with E-state index in [1.807, 2.05) is 0 Å². The molecule has 2 aliphatic carbocycles. The summed E-state index contributed by atoms with van der Waals surface area (Å²) in [6.45, 7) is 0. The number of aromatic nitrogens is 2. The highest BCUT2D eigenvalue weighted by atomic mass is 35.5. The maximum Gasteiger partial charge on any atom is 0.227 e.